The quantitative estimate of drug-likeness (QED) is 0.870. The lowest BCUT2D eigenvalue weighted by atomic mass is 9.99. The molecule has 2 aromatic rings. The second-order valence-corrected chi connectivity index (χ2v) is 6.26. The summed E-state index contributed by atoms with van der Waals surface area (Å²) in [7, 11) is 0. The normalized spacial score (nSPS) is 19.2. The molecule has 0 radical (unpaired) electrons. The molecule has 4 nitrogen and oxygen atoms in total. The van der Waals surface area contributed by atoms with E-state index >= 15 is 0 Å². The van der Waals surface area contributed by atoms with Crippen LogP contribution in [0.3, 0.4) is 0 Å². The Balaban J connectivity index is 1.87. The molecule has 0 saturated heterocycles. The zero-order chi connectivity index (χ0) is 13.9. The van der Waals surface area contributed by atoms with Crippen LogP contribution in [0.2, 0.25) is 0 Å². The molecule has 1 heterocycles. The fourth-order valence-electron chi connectivity index (χ4n) is 2.51. The summed E-state index contributed by atoms with van der Waals surface area (Å²) >= 11 is 1.55. The number of aromatic nitrogens is 3. The molecule has 104 valence electrons. The van der Waals surface area contributed by atoms with Gasteiger partial charge in [0, 0.05) is 6.42 Å². The molecule has 5 heteroatoms. The Morgan fingerprint density at radius 3 is 2.95 bits per heavy atom. The summed E-state index contributed by atoms with van der Waals surface area (Å²) in [5.74, 6) is 0.348. The van der Waals surface area contributed by atoms with Gasteiger partial charge in [-0.1, -0.05) is 36.4 Å². The molecule has 1 atom stereocenters. The third-order valence-electron chi connectivity index (χ3n) is 3.64. The first-order chi connectivity index (χ1) is 9.75. The minimum absolute atomic E-state index is 0.0377. The largest absolute Gasteiger partial charge is 0.298 e. The first-order valence-electron chi connectivity index (χ1n) is 6.91. The molecule has 0 unspecified atom stereocenters. The van der Waals surface area contributed by atoms with E-state index in [0.29, 0.717) is 12.2 Å². The topological polar surface area (TPSA) is 47.8 Å². The number of aryl methyl sites for hydroxylation is 1. The van der Waals surface area contributed by atoms with Gasteiger partial charge in [0.15, 0.2) is 5.16 Å². The van der Waals surface area contributed by atoms with Crippen molar-refractivity contribution < 1.29 is 4.79 Å². The Morgan fingerprint density at radius 2 is 2.15 bits per heavy atom. The maximum absolute atomic E-state index is 12.0. The van der Waals surface area contributed by atoms with Gasteiger partial charge in [0.2, 0.25) is 0 Å². The summed E-state index contributed by atoms with van der Waals surface area (Å²) in [6.07, 6.45) is 5.53. The minimum Gasteiger partial charge on any atom is -0.298 e. The van der Waals surface area contributed by atoms with Crippen LogP contribution in [-0.2, 0) is 4.79 Å². The third kappa shape index (κ3) is 2.63. The zero-order valence-electron chi connectivity index (χ0n) is 11.5. The second-order valence-electron chi connectivity index (χ2n) is 5.09. The van der Waals surface area contributed by atoms with Crippen LogP contribution >= 0.6 is 11.8 Å². The summed E-state index contributed by atoms with van der Waals surface area (Å²) in [6, 6.07) is 8.13. The Hall–Kier alpha value is -1.62. The van der Waals surface area contributed by atoms with Crippen molar-refractivity contribution in [3.63, 3.8) is 0 Å². The number of nitrogens with zero attached hydrogens (tertiary/aromatic N) is 3. The van der Waals surface area contributed by atoms with Crippen LogP contribution in [0.15, 0.2) is 35.7 Å². The van der Waals surface area contributed by atoms with Crippen LogP contribution in [0.1, 0.15) is 31.2 Å². The third-order valence-corrected chi connectivity index (χ3v) is 4.91. The standard InChI is InChI=1S/C15H17N3OS/c1-11-6-2-3-7-12(11)18-10-16-17-15(18)20-14-9-5-4-8-13(14)19/h2-3,6-7,10,14H,4-5,8-9H2,1H3/t14-/m1/s1. The predicted molar refractivity (Wildman–Crippen MR) is 79.2 cm³/mol. The lowest BCUT2D eigenvalue weighted by molar-refractivity contribution is -0.119. The SMILES string of the molecule is Cc1ccccc1-n1cnnc1S[C@@H]1CCCCC1=O. The van der Waals surface area contributed by atoms with E-state index in [9.17, 15) is 4.79 Å². The van der Waals surface area contributed by atoms with Gasteiger partial charge >= 0.3 is 0 Å². The average Bonchev–Trinajstić information content (AvgIpc) is 2.90. The smallest absolute Gasteiger partial charge is 0.196 e. The van der Waals surface area contributed by atoms with Gasteiger partial charge in [0.1, 0.15) is 12.1 Å². The van der Waals surface area contributed by atoms with E-state index in [2.05, 4.69) is 23.2 Å². The van der Waals surface area contributed by atoms with Crippen molar-refractivity contribution in [3.8, 4) is 5.69 Å². The van der Waals surface area contributed by atoms with Crippen LogP contribution in [0.5, 0.6) is 0 Å². The van der Waals surface area contributed by atoms with Crippen molar-refractivity contribution >= 4 is 17.5 Å². The van der Waals surface area contributed by atoms with E-state index < -0.39 is 0 Å². The zero-order valence-corrected chi connectivity index (χ0v) is 12.3. The van der Waals surface area contributed by atoms with Gasteiger partial charge in [-0.2, -0.15) is 0 Å². The number of benzene rings is 1. The highest BCUT2D eigenvalue weighted by molar-refractivity contribution is 8.00. The molecule has 1 aliphatic rings. The monoisotopic (exact) mass is 287 g/mol. The van der Waals surface area contributed by atoms with Crippen LogP contribution in [-0.4, -0.2) is 25.8 Å². The van der Waals surface area contributed by atoms with Crippen LogP contribution in [0, 0.1) is 6.92 Å². The summed E-state index contributed by atoms with van der Waals surface area (Å²) < 4.78 is 1.97. The lowest BCUT2D eigenvalue weighted by Crippen LogP contribution is -2.21. The van der Waals surface area contributed by atoms with E-state index in [0.717, 1.165) is 30.1 Å². The van der Waals surface area contributed by atoms with Crippen LogP contribution in [0.25, 0.3) is 5.69 Å². The first-order valence-corrected chi connectivity index (χ1v) is 7.79. The fourth-order valence-corrected chi connectivity index (χ4v) is 3.65. The first kappa shape index (κ1) is 13.4. The molecule has 3 rings (SSSR count). The number of Topliss-reactive ketones (excluding diaryl/α,β-unsaturated/α-hetero) is 1. The molecule has 1 aromatic carbocycles. The van der Waals surface area contributed by atoms with Crippen molar-refractivity contribution in [2.45, 2.75) is 43.0 Å². The van der Waals surface area contributed by atoms with Crippen molar-refractivity contribution in [1.29, 1.82) is 0 Å². The Kier molecular flexibility index (Phi) is 3.87. The van der Waals surface area contributed by atoms with Crippen molar-refractivity contribution in [3.05, 3.63) is 36.2 Å². The summed E-state index contributed by atoms with van der Waals surface area (Å²) in [5.41, 5.74) is 2.24. The average molecular weight is 287 g/mol. The molecular formula is C15H17N3OS. The Labute approximate surface area is 122 Å². The van der Waals surface area contributed by atoms with Gasteiger partial charge in [-0.25, -0.2) is 0 Å². The van der Waals surface area contributed by atoms with Crippen molar-refractivity contribution in [1.82, 2.24) is 14.8 Å². The Morgan fingerprint density at radius 1 is 1.30 bits per heavy atom. The van der Waals surface area contributed by atoms with E-state index in [-0.39, 0.29) is 5.25 Å². The molecule has 20 heavy (non-hydrogen) atoms. The highest BCUT2D eigenvalue weighted by Crippen LogP contribution is 2.31. The molecular weight excluding hydrogens is 270 g/mol. The lowest BCUT2D eigenvalue weighted by Gasteiger charge is -2.19. The predicted octanol–water partition coefficient (Wildman–Crippen LogP) is 3.18. The van der Waals surface area contributed by atoms with Crippen molar-refractivity contribution in [2.24, 2.45) is 0 Å². The van der Waals surface area contributed by atoms with Crippen LogP contribution in [0.4, 0.5) is 0 Å². The number of ketones is 1. The number of para-hydroxylation sites is 1. The number of hydrogen-bond donors (Lipinski definition) is 0. The molecule has 1 saturated carbocycles. The maximum Gasteiger partial charge on any atom is 0.196 e. The highest BCUT2D eigenvalue weighted by Gasteiger charge is 2.25. The van der Waals surface area contributed by atoms with Gasteiger partial charge in [-0.05, 0) is 31.4 Å². The van der Waals surface area contributed by atoms with Gasteiger partial charge in [0.05, 0.1) is 10.9 Å². The summed E-state index contributed by atoms with van der Waals surface area (Å²) in [6.45, 7) is 2.07. The van der Waals surface area contributed by atoms with Gasteiger partial charge < -0.3 is 0 Å². The number of hydrogen-bond acceptors (Lipinski definition) is 4. The minimum atomic E-state index is 0.0377. The second kappa shape index (κ2) is 5.79. The van der Waals surface area contributed by atoms with Gasteiger partial charge in [-0.15, -0.1) is 10.2 Å². The molecule has 0 amide bonds. The molecule has 1 aliphatic carbocycles. The van der Waals surface area contributed by atoms with E-state index in [1.165, 1.54) is 5.56 Å². The summed E-state index contributed by atoms with van der Waals surface area (Å²) in [4.78, 5) is 12.0. The molecule has 1 aromatic heterocycles. The molecule has 1 fully saturated rings. The molecule has 0 spiro atoms. The van der Waals surface area contributed by atoms with E-state index in [1.807, 2.05) is 22.8 Å². The van der Waals surface area contributed by atoms with Crippen molar-refractivity contribution in [2.75, 3.05) is 0 Å². The molecule has 0 N–H and O–H groups in total. The fraction of sp³-hybridized carbons (Fsp3) is 0.400. The maximum atomic E-state index is 12.0. The number of carbonyl (C=O) groups is 1. The molecule has 0 aliphatic heterocycles. The summed E-state index contributed by atoms with van der Waals surface area (Å²) in [5, 5.41) is 9.04. The Bertz CT molecular complexity index is 623. The van der Waals surface area contributed by atoms with Gasteiger partial charge in [0.25, 0.3) is 0 Å². The van der Waals surface area contributed by atoms with E-state index in [1.54, 1.807) is 18.1 Å². The van der Waals surface area contributed by atoms with Gasteiger partial charge in [-0.3, -0.25) is 9.36 Å². The van der Waals surface area contributed by atoms with Crippen LogP contribution < -0.4 is 0 Å². The molecule has 0 bridgehead atoms. The van der Waals surface area contributed by atoms with E-state index in [4.69, 9.17) is 0 Å². The number of carbonyl (C=O) groups excluding carboxylic acids is 1. The highest BCUT2D eigenvalue weighted by atomic mass is 32.2. The number of thioether (sulfide) groups is 1. The number of rotatable bonds is 3.